The van der Waals surface area contributed by atoms with E-state index >= 15 is 0 Å². The Hall–Kier alpha value is -1.47. The minimum Gasteiger partial charge on any atom is -0.315 e. The number of hydrogen-bond donors (Lipinski definition) is 1. The summed E-state index contributed by atoms with van der Waals surface area (Å²) in [5, 5.41) is -0.375. The Balaban J connectivity index is 2.89. The molecule has 0 radical (unpaired) electrons. The Morgan fingerprint density at radius 2 is 2.21 bits per heavy atom. The van der Waals surface area contributed by atoms with E-state index in [1.165, 1.54) is 24.0 Å². The minimum atomic E-state index is -4.27. The molecule has 6 nitrogen and oxygen atoms in total. The number of rotatable bonds is 1. The molecule has 0 bridgehead atoms. The van der Waals surface area contributed by atoms with Crippen molar-refractivity contribution in [1.82, 2.24) is 14.5 Å². The van der Waals surface area contributed by atoms with Crippen LogP contribution < -0.4 is 0 Å². The van der Waals surface area contributed by atoms with Crippen molar-refractivity contribution in [1.29, 1.82) is 0 Å². The molecule has 7 heteroatoms. The average molecular weight is 213 g/mol. The van der Waals surface area contributed by atoms with Crippen molar-refractivity contribution < 1.29 is 13.0 Å². The zero-order chi connectivity index (χ0) is 10.3. The Morgan fingerprint density at radius 3 is 2.79 bits per heavy atom. The van der Waals surface area contributed by atoms with Crippen LogP contribution in [0.4, 0.5) is 0 Å². The molecule has 0 aromatic carbocycles. The number of hydrogen-bond acceptors (Lipinski definition) is 4. The molecule has 0 saturated heterocycles. The van der Waals surface area contributed by atoms with Crippen LogP contribution in [-0.4, -0.2) is 27.5 Å². The number of fused-ring (bicyclic) bond motifs is 1. The van der Waals surface area contributed by atoms with Gasteiger partial charge in [-0.25, -0.2) is 4.98 Å². The van der Waals surface area contributed by atoms with Crippen molar-refractivity contribution in [2.75, 3.05) is 0 Å². The van der Waals surface area contributed by atoms with Gasteiger partial charge in [-0.2, -0.15) is 8.42 Å². The molecule has 0 aliphatic carbocycles. The first-order valence-electron chi connectivity index (χ1n) is 3.74. The van der Waals surface area contributed by atoms with Crippen LogP contribution in [0.25, 0.3) is 11.0 Å². The zero-order valence-corrected chi connectivity index (χ0v) is 8.06. The van der Waals surface area contributed by atoms with Crippen molar-refractivity contribution in [3.63, 3.8) is 0 Å². The molecular formula is C7H7N3O3S. The van der Waals surface area contributed by atoms with Gasteiger partial charge in [0.1, 0.15) is 0 Å². The molecule has 0 fully saturated rings. The van der Waals surface area contributed by atoms with Crippen molar-refractivity contribution in [2.24, 2.45) is 7.05 Å². The highest BCUT2D eigenvalue weighted by molar-refractivity contribution is 7.85. The van der Waals surface area contributed by atoms with Crippen molar-refractivity contribution >= 4 is 21.2 Å². The first-order valence-corrected chi connectivity index (χ1v) is 5.18. The number of pyridine rings is 1. The van der Waals surface area contributed by atoms with Gasteiger partial charge in [-0.3, -0.25) is 9.54 Å². The summed E-state index contributed by atoms with van der Waals surface area (Å²) in [4.78, 5) is 7.60. The Morgan fingerprint density at radius 1 is 1.50 bits per heavy atom. The predicted molar refractivity (Wildman–Crippen MR) is 48.3 cm³/mol. The van der Waals surface area contributed by atoms with E-state index in [9.17, 15) is 8.42 Å². The van der Waals surface area contributed by atoms with Crippen LogP contribution in [0.3, 0.4) is 0 Å². The summed E-state index contributed by atoms with van der Waals surface area (Å²) in [5.74, 6) is 0. The van der Waals surface area contributed by atoms with Crippen molar-refractivity contribution in [3.8, 4) is 0 Å². The number of aryl methyl sites for hydroxylation is 1. The van der Waals surface area contributed by atoms with Gasteiger partial charge in [0, 0.05) is 13.2 Å². The van der Waals surface area contributed by atoms with Gasteiger partial charge in [-0.05, 0) is 6.07 Å². The van der Waals surface area contributed by atoms with Gasteiger partial charge in [0.15, 0.2) is 0 Å². The molecule has 2 heterocycles. The molecule has 0 spiro atoms. The fourth-order valence-corrected chi connectivity index (χ4v) is 1.90. The van der Waals surface area contributed by atoms with Crippen LogP contribution in [0.1, 0.15) is 0 Å². The Labute approximate surface area is 80.0 Å². The molecule has 2 aromatic heterocycles. The third-order valence-corrected chi connectivity index (χ3v) is 2.70. The largest absolute Gasteiger partial charge is 0.328 e. The summed E-state index contributed by atoms with van der Waals surface area (Å²) in [6.45, 7) is 0. The van der Waals surface area contributed by atoms with Gasteiger partial charge in [-0.15, -0.1) is 0 Å². The van der Waals surface area contributed by atoms with Crippen LogP contribution in [0.5, 0.6) is 0 Å². The summed E-state index contributed by atoms with van der Waals surface area (Å²) < 4.78 is 31.9. The quantitative estimate of drug-likeness (QED) is 0.684. The summed E-state index contributed by atoms with van der Waals surface area (Å²) in [7, 11) is -2.77. The molecule has 0 aliphatic rings. The van der Waals surface area contributed by atoms with Crippen LogP contribution >= 0.6 is 0 Å². The van der Waals surface area contributed by atoms with Gasteiger partial charge < -0.3 is 4.57 Å². The van der Waals surface area contributed by atoms with Crippen molar-refractivity contribution in [2.45, 2.75) is 5.16 Å². The second kappa shape index (κ2) is 2.76. The molecule has 2 aromatic rings. The summed E-state index contributed by atoms with van der Waals surface area (Å²) in [6.07, 6.45) is 2.99. The fraction of sp³-hybridized carbons (Fsp3) is 0.143. The lowest BCUT2D eigenvalue weighted by molar-refractivity contribution is 0.470. The standard InChI is InChI=1S/C7H7N3O3S/c1-10-6-4-8-3-2-5(6)9-7(10)14(11,12)13/h2-4H,1H3,(H,11,12,13). The maximum absolute atomic E-state index is 10.9. The second-order valence-corrected chi connectivity index (χ2v) is 4.11. The highest BCUT2D eigenvalue weighted by atomic mass is 32.2. The highest BCUT2D eigenvalue weighted by Gasteiger charge is 2.18. The number of imidazole rings is 1. The van der Waals surface area contributed by atoms with Crippen LogP contribution in [0, 0.1) is 0 Å². The summed E-state index contributed by atoms with van der Waals surface area (Å²) in [5.41, 5.74) is 1.04. The topological polar surface area (TPSA) is 85.1 Å². The van der Waals surface area contributed by atoms with E-state index in [-0.39, 0.29) is 5.16 Å². The Kier molecular flexibility index (Phi) is 1.79. The monoisotopic (exact) mass is 213 g/mol. The molecule has 1 N–H and O–H groups in total. The molecule has 0 aliphatic heterocycles. The van der Waals surface area contributed by atoms with Crippen LogP contribution in [0.2, 0.25) is 0 Å². The van der Waals surface area contributed by atoms with Crippen LogP contribution in [0.15, 0.2) is 23.6 Å². The first-order chi connectivity index (χ1) is 6.50. The predicted octanol–water partition coefficient (Wildman–Crippen LogP) is 0.215. The smallest absolute Gasteiger partial charge is 0.315 e. The SMILES string of the molecule is Cn1c(S(=O)(=O)O)nc2ccncc21. The lowest BCUT2D eigenvalue weighted by atomic mass is 10.4. The molecular weight excluding hydrogens is 206 g/mol. The van der Waals surface area contributed by atoms with Crippen LogP contribution in [-0.2, 0) is 17.2 Å². The molecule has 14 heavy (non-hydrogen) atoms. The molecule has 0 amide bonds. The van der Waals surface area contributed by atoms with E-state index < -0.39 is 10.1 Å². The Bertz CT molecular complexity index is 587. The molecule has 0 atom stereocenters. The maximum atomic E-state index is 10.9. The number of aromatic nitrogens is 3. The fourth-order valence-electron chi connectivity index (χ4n) is 1.24. The van der Waals surface area contributed by atoms with E-state index in [0.717, 1.165) is 0 Å². The lowest BCUT2D eigenvalue weighted by Gasteiger charge is -1.96. The lowest BCUT2D eigenvalue weighted by Crippen LogP contribution is -2.06. The van der Waals surface area contributed by atoms with E-state index in [1.807, 2.05) is 0 Å². The van der Waals surface area contributed by atoms with Gasteiger partial charge >= 0.3 is 10.1 Å². The third kappa shape index (κ3) is 1.26. The van der Waals surface area contributed by atoms with Crippen molar-refractivity contribution in [3.05, 3.63) is 18.5 Å². The minimum absolute atomic E-state index is 0.375. The molecule has 0 unspecified atom stereocenters. The third-order valence-electron chi connectivity index (χ3n) is 1.87. The van der Waals surface area contributed by atoms with E-state index in [2.05, 4.69) is 9.97 Å². The van der Waals surface area contributed by atoms with Gasteiger partial charge in [0.05, 0.1) is 17.2 Å². The van der Waals surface area contributed by atoms with Gasteiger partial charge in [0.2, 0.25) is 0 Å². The van der Waals surface area contributed by atoms with Gasteiger partial charge in [-0.1, -0.05) is 0 Å². The van der Waals surface area contributed by atoms with E-state index in [1.54, 1.807) is 6.07 Å². The zero-order valence-electron chi connectivity index (χ0n) is 7.25. The maximum Gasteiger partial charge on any atom is 0.328 e. The number of nitrogens with zero attached hydrogens (tertiary/aromatic N) is 3. The second-order valence-electron chi connectivity index (χ2n) is 2.79. The van der Waals surface area contributed by atoms with E-state index in [4.69, 9.17) is 4.55 Å². The first kappa shape index (κ1) is 9.10. The van der Waals surface area contributed by atoms with Gasteiger partial charge in [0.25, 0.3) is 5.16 Å². The summed E-state index contributed by atoms with van der Waals surface area (Å²) >= 11 is 0. The molecule has 74 valence electrons. The molecule has 2 rings (SSSR count). The molecule has 0 saturated carbocycles. The van der Waals surface area contributed by atoms with E-state index in [0.29, 0.717) is 11.0 Å². The average Bonchev–Trinajstić information content (AvgIpc) is 2.44. The normalized spacial score (nSPS) is 12.1. The highest BCUT2D eigenvalue weighted by Crippen LogP contribution is 2.15. The summed E-state index contributed by atoms with van der Waals surface area (Å²) in [6, 6.07) is 1.57.